The number of carbonyl (C=O) groups excluding carboxylic acids is 2. The summed E-state index contributed by atoms with van der Waals surface area (Å²) in [5, 5.41) is 0. The van der Waals surface area contributed by atoms with E-state index < -0.39 is 5.56 Å². The highest BCUT2D eigenvalue weighted by atomic mass is 16.2. The van der Waals surface area contributed by atoms with E-state index in [4.69, 9.17) is 0 Å². The van der Waals surface area contributed by atoms with Gasteiger partial charge in [0.2, 0.25) is 0 Å². The first-order chi connectivity index (χ1) is 15.0. The normalized spacial score (nSPS) is 18.1. The van der Waals surface area contributed by atoms with Crippen LogP contribution in [0.2, 0.25) is 0 Å². The lowest BCUT2D eigenvalue weighted by molar-refractivity contribution is 0.0744. The van der Waals surface area contributed by atoms with E-state index in [1.54, 1.807) is 4.90 Å². The number of ketones is 1. The van der Waals surface area contributed by atoms with Crippen molar-refractivity contribution in [3.8, 4) is 0 Å². The number of nitrogens with one attached hydrogen (secondary N) is 1. The SMILES string of the molecule is Cc1cc(N2CCN(C(=O)c3cc4c([nH]c3=O)CC(C)(C)CC4=O)CC2)nc(C(C)C)n1. The monoisotopic (exact) mass is 437 g/mol. The second kappa shape index (κ2) is 8.15. The summed E-state index contributed by atoms with van der Waals surface area (Å²) in [4.78, 5) is 54.2. The average molecular weight is 438 g/mol. The molecule has 2 aliphatic rings. The number of amides is 1. The number of aryl methyl sites for hydroxylation is 1. The van der Waals surface area contributed by atoms with Crippen molar-refractivity contribution in [2.24, 2.45) is 5.41 Å². The van der Waals surface area contributed by atoms with Gasteiger partial charge in [-0.15, -0.1) is 0 Å². The first kappa shape index (κ1) is 22.2. The number of H-pyrrole nitrogens is 1. The number of hydrogen-bond donors (Lipinski definition) is 1. The molecule has 2 aromatic heterocycles. The predicted molar refractivity (Wildman–Crippen MR) is 122 cm³/mol. The van der Waals surface area contributed by atoms with Crippen molar-refractivity contribution in [1.82, 2.24) is 19.9 Å². The van der Waals surface area contributed by atoms with Gasteiger partial charge < -0.3 is 14.8 Å². The molecule has 0 aromatic carbocycles. The molecule has 170 valence electrons. The molecular weight excluding hydrogens is 406 g/mol. The molecule has 0 atom stereocenters. The summed E-state index contributed by atoms with van der Waals surface area (Å²) in [7, 11) is 0. The summed E-state index contributed by atoms with van der Waals surface area (Å²) in [6.07, 6.45) is 1.03. The molecule has 0 saturated carbocycles. The van der Waals surface area contributed by atoms with Crippen LogP contribution in [-0.4, -0.2) is 57.7 Å². The van der Waals surface area contributed by atoms with Crippen molar-refractivity contribution in [3.05, 3.63) is 50.8 Å². The Kier molecular flexibility index (Phi) is 5.65. The topological polar surface area (TPSA) is 99.3 Å². The molecule has 1 amide bonds. The second-order valence-corrected chi connectivity index (χ2v) is 10.0. The Bertz CT molecular complexity index is 1130. The minimum Gasteiger partial charge on any atom is -0.353 e. The molecule has 1 N–H and O–H groups in total. The summed E-state index contributed by atoms with van der Waals surface area (Å²) in [6.45, 7) is 12.3. The second-order valence-electron chi connectivity index (χ2n) is 10.0. The number of Topliss-reactive ketones (excluding diaryl/α,β-unsaturated/α-hetero) is 1. The minimum absolute atomic E-state index is 0.0218. The number of fused-ring (bicyclic) bond motifs is 1. The number of aromatic amines is 1. The van der Waals surface area contributed by atoms with E-state index in [2.05, 4.69) is 33.7 Å². The van der Waals surface area contributed by atoms with Crippen molar-refractivity contribution in [3.63, 3.8) is 0 Å². The number of pyridine rings is 1. The molecule has 8 heteroatoms. The van der Waals surface area contributed by atoms with Crippen LogP contribution in [0.15, 0.2) is 16.9 Å². The van der Waals surface area contributed by atoms with Gasteiger partial charge in [-0.2, -0.15) is 0 Å². The number of piperazine rings is 1. The average Bonchev–Trinajstić information content (AvgIpc) is 2.71. The molecule has 1 saturated heterocycles. The molecule has 0 radical (unpaired) electrons. The lowest BCUT2D eigenvalue weighted by Gasteiger charge is -2.36. The predicted octanol–water partition coefficient (Wildman–Crippen LogP) is 2.71. The summed E-state index contributed by atoms with van der Waals surface area (Å²) in [6, 6.07) is 3.47. The zero-order valence-corrected chi connectivity index (χ0v) is 19.5. The molecule has 1 aliphatic heterocycles. The van der Waals surface area contributed by atoms with E-state index in [1.807, 2.05) is 26.8 Å². The van der Waals surface area contributed by atoms with Crippen molar-refractivity contribution in [2.75, 3.05) is 31.1 Å². The van der Waals surface area contributed by atoms with Crippen molar-refractivity contribution in [2.45, 2.75) is 53.4 Å². The highest BCUT2D eigenvalue weighted by Gasteiger charge is 2.33. The Balaban J connectivity index is 1.51. The summed E-state index contributed by atoms with van der Waals surface area (Å²) in [5.74, 6) is 1.57. The fourth-order valence-corrected chi connectivity index (χ4v) is 4.49. The zero-order chi connectivity index (χ0) is 23.2. The molecule has 4 rings (SSSR count). The number of carbonyl (C=O) groups is 2. The van der Waals surface area contributed by atoms with Gasteiger partial charge in [-0.25, -0.2) is 9.97 Å². The Morgan fingerprint density at radius 3 is 2.41 bits per heavy atom. The standard InChI is InChI=1S/C24H31N5O3/c1-14(2)21-25-15(3)10-20(27-21)28-6-8-29(9-7-28)23(32)17-11-16-18(26-22(17)31)12-24(4,5)13-19(16)30/h10-11,14H,6-9,12-13H2,1-5H3,(H,26,31). The maximum absolute atomic E-state index is 13.1. The Morgan fingerprint density at radius 2 is 1.75 bits per heavy atom. The zero-order valence-electron chi connectivity index (χ0n) is 19.5. The third kappa shape index (κ3) is 4.31. The molecule has 32 heavy (non-hydrogen) atoms. The van der Waals surface area contributed by atoms with Crippen LogP contribution in [0, 0.1) is 12.3 Å². The maximum Gasteiger partial charge on any atom is 0.261 e. The number of nitrogens with zero attached hydrogens (tertiary/aromatic N) is 4. The van der Waals surface area contributed by atoms with Gasteiger partial charge in [0.15, 0.2) is 5.78 Å². The smallest absolute Gasteiger partial charge is 0.261 e. The molecule has 1 fully saturated rings. The van der Waals surface area contributed by atoms with E-state index in [0.29, 0.717) is 50.3 Å². The first-order valence-corrected chi connectivity index (χ1v) is 11.2. The van der Waals surface area contributed by atoms with Gasteiger partial charge in [0.25, 0.3) is 11.5 Å². The molecule has 8 nitrogen and oxygen atoms in total. The van der Waals surface area contributed by atoms with Crippen molar-refractivity contribution < 1.29 is 9.59 Å². The number of rotatable bonds is 3. The van der Waals surface area contributed by atoms with Gasteiger partial charge in [0, 0.05) is 61.5 Å². The van der Waals surface area contributed by atoms with Crippen LogP contribution in [0.4, 0.5) is 5.82 Å². The Morgan fingerprint density at radius 1 is 1.06 bits per heavy atom. The molecule has 3 heterocycles. The van der Waals surface area contributed by atoms with Gasteiger partial charge in [-0.1, -0.05) is 27.7 Å². The molecule has 0 unspecified atom stereocenters. The van der Waals surface area contributed by atoms with Gasteiger partial charge in [-0.3, -0.25) is 14.4 Å². The highest BCUT2D eigenvalue weighted by molar-refractivity contribution is 6.02. The van der Waals surface area contributed by atoms with E-state index >= 15 is 0 Å². The summed E-state index contributed by atoms with van der Waals surface area (Å²) < 4.78 is 0. The van der Waals surface area contributed by atoms with Crippen LogP contribution in [0.25, 0.3) is 0 Å². The van der Waals surface area contributed by atoms with Crippen LogP contribution in [0.5, 0.6) is 0 Å². The number of hydrogen-bond acceptors (Lipinski definition) is 6. The molecule has 2 aromatic rings. The Labute approximate surface area is 188 Å². The van der Waals surface area contributed by atoms with E-state index in [9.17, 15) is 14.4 Å². The third-order valence-corrected chi connectivity index (χ3v) is 6.21. The van der Waals surface area contributed by atoms with Gasteiger partial charge in [0.1, 0.15) is 17.2 Å². The van der Waals surface area contributed by atoms with E-state index in [-0.39, 0.29) is 28.6 Å². The molecular formula is C24H31N5O3. The summed E-state index contributed by atoms with van der Waals surface area (Å²) in [5.41, 5.74) is 1.47. The first-order valence-electron chi connectivity index (χ1n) is 11.2. The van der Waals surface area contributed by atoms with Crippen LogP contribution in [0.1, 0.15) is 78.0 Å². The van der Waals surface area contributed by atoms with Gasteiger partial charge >= 0.3 is 0 Å². The van der Waals surface area contributed by atoms with Crippen molar-refractivity contribution >= 4 is 17.5 Å². The van der Waals surface area contributed by atoms with Crippen molar-refractivity contribution in [1.29, 1.82) is 0 Å². The largest absolute Gasteiger partial charge is 0.353 e. The molecule has 0 spiro atoms. The molecule has 0 bridgehead atoms. The minimum atomic E-state index is -0.422. The van der Waals surface area contributed by atoms with Crippen LogP contribution < -0.4 is 10.5 Å². The molecule has 1 aliphatic carbocycles. The number of aromatic nitrogens is 3. The fraction of sp³-hybridized carbons (Fsp3) is 0.542. The van der Waals surface area contributed by atoms with Crippen LogP contribution in [0.3, 0.4) is 0 Å². The number of anilines is 1. The van der Waals surface area contributed by atoms with Crippen LogP contribution in [-0.2, 0) is 6.42 Å². The van der Waals surface area contributed by atoms with E-state index in [1.165, 1.54) is 6.07 Å². The highest BCUT2D eigenvalue weighted by Crippen LogP contribution is 2.33. The quantitative estimate of drug-likeness (QED) is 0.793. The van der Waals surface area contributed by atoms with Crippen LogP contribution >= 0.6 is 0 Å². The maximum atomic E-state index is 13.1. The fourth-order valence-electron chi connectivity index (χ4n) is 4.49. The lowest BCUT2D eigenvalue weighted by atomic mass is 9.75. The third-order valence-electron chi connectivity index (χ3n) is 6.21. The lowest BCUT2D eigenvalue weighted by Crippen LogP contribution is -2.50. The van der Waals surface area contributed by atoms with Gasteiger partial charge in [-0.05, 0) is 24.8 Å². The summed E-state index contributed by atoms with van der Waals surface area (Å²) >= 11 is 0. The Hall–Kier alpha value is -3.03. The van der Waals surface area contributed by atoms with E-state index in [0.717, 1.165) is 17.3 Å². The van der Waals surface area contributed by atoms with Gasteiger partial charge in [0.05, 0.1) is 0 Å².